The van der Waals surface area contributed by atoms with E-state index in [0.29, 0.717) is 53.1 Å². The minimum absolute atomic E-state index is 0.0441. The third-order valence-corrected chi connectivity index (χ3v) is 6.89. The van der Waals surface area contributed by atoms with E-state index in [-0.39, 0.29) is 11.9 Å². The maximum atomic E-state index is 12.7. The summed E-state index contributed by atoms with van der Waals surface area (Å²) in [6.45, 7) is 4.13. The summed E-state index contributed by atoms with van der Waals surface area (Å²) in [6, 6.07) is 2.70. The Balaban J connectivity index is 1.45. The molecule has 1 aromatic heterocycles. The highest BCUT2D eigenvalue weighted by Crippen LogP contribution is 2.47. The van der Waals surface area contributed by atoms with Gasteiger partial charge >= 0.3 is 5.76 Å². The molecule has 0 radical (unpaired) electrons. The molecule has 0 spiro atoms. The molecule has 2 aromatic rings. The Labute approximate surface area is 179 Å². The van der Waals surface area contributed by atoms with E-state index < -0.39 is 5.76 Å². The van der Waals surface area contributed by atoms with Crippen molar-refractivity contribution in [1.29, 1.82) is 0 Å². The quantitative estimate of drug-likeness (QED) is 0.719. The smallest absolute Gasteiger partial charge is 0.437 e. The van der Waals surface area contributed by atoms with Gasteiger partial charge in [0.1, 0.15) is 13.2 Å². The fourth-order valence-corrected chi connectivity index (χ4v) is 5.33. The number of nitrogens with zero attached hydrogens (tertiary/aromatic N) is 3. The van der Waals surface area contributed by atoms with Crippen molar-refractivity contribution in [3.05, 3.63) is 21.6 Å². The molecule has 2 atom stereocenters. The van der Waals surface area contributed by atoms with Crippen LogP contribution >= 0.6 is 11.6 Å². The first-order valence-corrected chi connectivity index (χ1v) is 11.2. The molecule has 3 aliphatic rings. The molecule has 2 unspecified atom stereocenters. The number of piperidine rings is 1. The third kappa shape index (κ3) is 3.26. The van der Waals surface area contributed by atoms with Crippen molar-refractivity contribution in [1.82, 2.24) is 14.7 Å². The number of hydrogen-bond acceptors (Lipinski definition) is 7. The zero-order valence-electron chi connectivity index (χ0n) is 17.1. The van der Waals surface area contributed by atoms with E-state index in [1.807, 2.05) is 0 Å². The predicted molar refractivity (Wildman–Crippen MR) is 113 cm³/mol. The molecule has 4 heterocycles. The van der Waals surface area contributed by atoms with Crippen molar-refractivity contribution in [2.45, 2.75) is 63.6 Å². The van der Waals surface area contributed by atoms with Gasteiger partial charge in [-0.1, -0.05) is 24.9 Å². The number of halogens is 1. The lowest BCUT2D eigenvalue weighted by molar-refractivity contribution is 0.0985. The Hall–Kier alpha value is -2.19. The molecule has 2 N–H and O–H groups in total. The van der Waals surface area contributed by atoms with Crippen LogP contribution in [-0.2, 0) is 0 Å². The fraction of sp³-hybridized carbons (Fsp3) is 0.619. The molecule has 3 aliphatic heterocycles. The number of benzene rings is 1. The first-order chi connectivity index (χ1) is 14.6. The lowest BCUT2D eigenvalue weighted by atomic mass is 9.97. The molecule has 0 aliphatic carbocycles. The monoisotopic (exact) mass is 434 g/mol. The lowest BCUT2D eigenvalue weighted by Crippen LogP contribution is -2.45. The van der Waals surface area contributed by atoms with E-state index >= 15 is 0 Å². The van der Waals surface area contributed by atoms with E-state index in [4.69, 9.17) is 31.2 Å². The molecule has 2 bridgehead atoms. The average molecular weight is 435 g/mol. The summed E-state index contributed by atoms with van der Waals surface area (Å²) in [5.74, 6) is 0.536. The number of aromatic nitrogens is 2. The molecule has 0 amide bonds. The van der Waals surface area contributed by atoms with Crippen molar-refractivity contribution < 1.29 is 13.9 Å². The van der Waals surface area contributed by atoms with Crippen LogP contribution in [0.5, 0.6) is 11.5 Å². The predicted octanol–water partition coefficient (Wildman–Crippen LogP) is 3.48. The summed E-state index contributed by atoms with van der Waals surface area (Å²) in [5.41, 5.74) is 6.83. The maximum absolute atomic E-state index is 12.7. The van der Waals surface area contributed by atoms with Crippen LogP contribution in [0.3, 0.4) is 0 Å². The summed E-state index contributed by atoms with van der Waals surface area (Å²) in [5, 5.41) is 4.86. The number of unbranched alkanes of at least 4 members (excludes halogenated alkanes) is 1. The van der Waals surface area contributed by atoms with Crippen LogP contribution in [0.15, 0.2) is 15.3 Å². The van der Waals surface area contributed by atoms with Gasteiger partial charge in [-0.05, 0) is 44.7 Å². The van der Waals surface area contributed by atoms with Gasteiger partial charge in [-0.2, -0.15) is 4.68 Å². The van der Waals surface area contributed by atoms with Crippen LogP contribution in [0.25, 0.3) is 11.5 Å². The molecule has 0 saturated carbocycles. The van der Waals surface area contributed by atoms with Gasteiger partial charge in [-0.15, -0.1) is 5.10 Å². The molecule has 9 heteroatoms. The number of nitrogens with two attached hydrogens (primary N) is 1. The van der Waals surface area contributed by atoms with Gasteiger partial charge < -0.3 is 19.6 Å². The number of hydrogen-bond donors (Lipinski definition) is 1. The van der Waals surface area contributed by atoms with Crippen LogP contribution in [-0.4, -0.2) is 46.5 Å². The summed E-state index contributed by atoms with van der Waals surface area (Å²) < 4.78 is 18.4. The van der Waals surface area contributed by atoms with Gasteiger partial charge in [-0.25, -0.2) is 4.79 Å². The van der Waals surface area contributed by atoms with Crippen molar-refractivity contribution in [2.24, 2.45) is 0 Å². The average Bonchev–Trinajstić information content (AvgIpc) is 3.24. The summed E-state index contributed by atoms with van der Waals surface area (Å²) in [7, 11) is 0. The third-order valence-electron chi connectivity index (χ3n) is 6.58. The molecule has 2 fully saturated rings. The number of ether oxygens (including phenoxy) is 2. The Kier molecular flexibility index (Phi) is 5.14. The molecular formula is C21H27ClN4O4. The molecule has 1 aromatic carbocycles. The highest BCUT2D eigenvalue weighted by atomic mass is 35.5. The first-order valence-electron chi connectivity index (χ1n) is 10.8. The molecule has 8 nitrogen and oxygen atoms in total. The topological polar surface area (TPSA) is 95.8 Å². The Bertz CT molecular complexity index is 990. The molecule has 5 rings (SSSR count). The van der Waals surface area contributed by atoms with Gasteiger partial charge in [0.2, 0.25) is 0 Å². The van der Waals surface area contributed by atoms with E-state index in [2.05, 4.69) is 16.9 Å². The Morgan fingerprint density at radius 3 is 2.57 bits per heavy atom. The summed E-state index contributed by atoms with van der Waals surface area (Å²) in [6.07, 6.45) is 6.65. The van der Waals surface area contributed by atoms with Gasteiger partial charge in [0.25, 0.3) is 5.89 Å². The van der Waals surface area contributed by atoms with E-state index in [0.717, 1.165) is 19.4 Å². The molecule has 30 heavy (non-hydrogen) atoms. The minimum Gasteiger partial charge on any atom is -0.485 e. The van der Waals surface area contributed by atoms with Crippen LogP contribution in [0, 0.1) is 0 Å². The fourth-order valence-electron chi connectivity index (χ4n) is 5.14. The normalized spacial score (nSPS) is 25.6. The van der Waals surface area contributed by atoms with Crippen LogP contribution < -0.4 is 21.0 Å². The lowest BCUT2D eigenvalue weighted by Gasteiger charge is -2.38. The number of fused-ring (bicyclic) bond motifs is 3. The zero-order valence-corrected chi connectivity index (χ0v) is 17.9. The maximum Gasteiger partial charge on any atom is 0.437 e. The molecule has 2 saturated heterocycles. The SMILES string of the molecule is CCCCN1C2CCC1CC(n1nc(-c3cc(Cl)c(N)c4c3OCCO4)oc1=O)C2. The second-order valence-corrected chi connectivity index (χ2v) is 8.80. The van der Waals surface area contributed by atoms with Gasteiger partial charge in [0.15, 0.2) is 11.5 Å². The van der Waals surface area contributed by atoms with Gasteiger partial charge in [0, 0.05) is 12.1 Å². The standard InChI is InChI=1S/C21H27ClN4O4/c1-2-3-6-25-12-4-5-13(25)10-14(9-12)26-21(27)30-20(24-26)15-11-16(22)17(23)19-18(15)28-7-8-29-19/h11-14H,2-10,23H2,1H3. The molecule has 162 valence electrons. The largest absolute Gasteiger partial charge is 0.485 e. The number of nitrogen functional groups attached to an aromatic ring is 1. The first kappa shape index (κ1) is 19.8. The number of anilines is 1. The highest BCUT2D eigenvalue weighted by molar-refractivity contribution is 6.34. The van der Waals surface area contributed by atoms with Crippen molar-refractivity contribution in [3.63, 3.8) is 0 Å². The van der Waals surface area contributed by atoms with Gasteiger partial charge in [0.05, 0.1) is 22.3 Å². The highest BCUT2D eigenvalue weighted by Gasteiger charge is 2.42. The Morgan fingerprint density at radius 1 is 1.17 bits per heavy atom. The molecular weight excluding hydrogens is 408 g/mol. The van der Waals surface area contributed by atoms with Crippen LogP contribution in [0.4, 0.5) is 5.69 Å². The Morgan fingerprint density at radius 2 is 1.87 bits per heavy atom. The zero-order chi connectivity index (χ0) is 20.8. The van der Waals surface area contributed by atoms with E-state index in [9.17, 15) is 4.79 Å². The summed E-state index contributed by atoms with van der Waals surface area (Å²) in [4.78, 5) is 15.3. The number of rotatable bonds is 5. The second kappa shape index (κ2) is 7.81. The summed E-state index contributed by atoms with van der Waals surface area (Å²) >= 11 is 6.28. The van der Waals surface area contributed by atoms with E-state index in [1.165, 1.54) is 30.4 Å². The van der Waals surface area contributed by atoms with E-state index in [1.54, 1.807) is 6.07 Å². The van der Waals surface area contributed by atoms with Crippen molar-refractivity contribution in [2.75, 3.05) is 25.5 Å². The van der Waals surface area contributed by atoms with Crippen LogP contribution in [0.1, 0.15) is 51.5 Å². The minimum atomic E-state index is -0.449. The van der Waals surface area contributed by atoms with Crippen LogP contribution in [0.2, 0.25) is 5.02 Å². The second-order valence-electron chi connectivity index (χ2n) is 8.39. The van der Waals surface area contributed by atoms with Gasteiger partial charge in [-0.3, -0.25) is 4.90 Å². The van der Waals surface area contributed by atoms with Crippen molar-refractivity contribution in [3.8, 4) is 23.0 Å². The van der Waals surface area contributed by atoms with Crippen molar-refractivity contribution >= 4 is 17.3 Å².